The van der Waals surface area contributed by atoms with E-state index in [4.69, 9.17) is 4.74 Å². The third-order valence-corrected chi connectivity index (χ3v) is 5.58. The Morgan fingerprint density at radius 1 is 0.704 bits per heavy atom. The Bertz CT molecular complexity index is 1060. The van der Waals surface area contributed by atoms with Crippen molar-refractivity contribution in [1.82, 2.24) is 0 Å². The van der Waals surface area contributed by atoms with E-state index in [0.29, 0.717) is 11.3 Å². The smallest absolute Gasteiger partial charge is 0.343 e. The van der Waals surface area contributed by atoms with E-state index < -0.39 is 0 Å². The molecule has 3 aromatic rings. The second kappa shape index (κ2) is 6.55. The number of carbonyl (C=O) groups is 1. The largest absolute Gasteiger partial charge is 0.423 e. The summed E-state index contributed by atoms with van der Waals surface area (Å²) in [5.41, 5.74) is 8.53. The number of rotatable bonds is 2. The molecule has 0 unspecified atom stereocenters. The van der Waals surface area contributed by atoms with Crippen LogP contribution in [-0.2, 0) is 24.0 Å². The topological polar surface area (TPSA) is 26.3 Å². The van der Waals surface area contributed by atoms with Crippen molar-refractivity contribution in [3.05, 3.63) is 101 Å². The van der Waals surface area contributed by atoms with Crippen LogP contribution in [0.1, 0.15) is 39.0 Å². The third-order valence-electron chi connectivity index (χ3n) is 5.58. The van der Waals surface area contributed by atoms with Gasteiger partial charge in [-0.05, 0) is 71.7 Å². The Balaban J connectivity index is 1.52. The first-order chi connectivity index (χ1) is 13.3. The number of hydrogen-bond acceptors (Lipinski definition) is 2. The van der Waals surface area contributed by atoms with E-state index in [-0.39, 0.29) is 5.97 Å². The van der Waals surface area contributed by atoms with Gasteiger partial charge in [-0.2, -0.15) is 0 Å². The van der Waals surface area contributed by atoms with Crippen LogP contribution < -0.4 is 0 Å². The quantitative estimate of drug-likeness (QED) is 0.562. The Morgan fingerprint density at radius 3 is 2.33 bits per heavy atom. The Labute approximate surface area is 159 Å². The predicted octanol–water partition coefficient (Wildman–Crippen LogP) is 5.60. The lowest BCUT2D eigenvalue weighted by Crippen LogP contribution is -2.13. The van der Waals surface area contributed by atoms with Crippen LogP contribution in [0.2, 0.25) is 0 Å². The normalized spacial score (nSPS) is 14.4. The van der Waals surface area contributed by atoms with Gasteiger partial charge in [-0.1, -0.05) is 54.6 Å². The number of ether oxygens (including phenoxy) is 1. The van der Waals surface area contributed by atoms with Gasteiger partial charge in [0.05, 0.1) is 5.56 Å². The summed E-state index contributed by atoms with van der Waals surface area (Å²) >= 11 is 0. The molecule has 0 N–H and O–H groups in total. The van der Waals surface area contributed by atoms with Crippen molar-refractivity contribution in [3.8, 4) is 11.1 Å². The summed E-state index contributed by atoms with van der Waals surface area (Å²) in [5, 5.41) is 0. The molecule has 0 aromatic heterocycles. The lowest BCUT2D eigenvalue weighted by molar-refractivity contribution is 0.0691. The van der Waals surface area contributed by atoms with Crippen LogP contribution in [0.4, 0.5) is 0 Å². The molecule has 2 aliphatic carbocycles. The minimum absolute atomic E-state index is 0.294. The first-order valence-corrected chi connectivity index (χ1v) is 9.52. The number of aryl methyl sites for hydroxylation is 1. The standard InChI is InChI=1S/C25H20O2/c26-25(18-8-2-1-3-9-18)27-24-12-6-11-20-22-14-13-17-7-4-5-10-19(17)21(22)15-16-23(20)24/h1-5,7-10,12,15-16H,6,11,13-14H2. The maximum Gasteiger partial charge on any atom is 0.343 e. The SMILES string of the molecule is O=C(OC1=CCCc2c1ccc1c2CCc2ccccc2-1)c1ccccc1. The van der Waals surface area contributed by atoms with Gasteiger partial charge in [0.1, 0.15) is 5.76 Å². The van der Waals surface area contributed by atoms with Crippen molar-refractivity contribution in [3.63, 3.8) is 0 Å². The number of benzene rings is 3. The van der Waals surface area contributed by atoms with Crippen molar-refractivity contribution >= 4 is 11.7 Å². The molecule has 0 heterocycles. The van der Waals surface area contributed by atoms with E-state index in [2.05, 4.69) is 36.4 Å². The van der Waals surface area contributed by atoms with E-state index in [1.165, 1.54) is 27.8 Å². The molecule has 0 fully saturated rings. The summed E-state index contributed by atoms with van der Waals surface area (Å²) < 4.78 is 5.79. The Kier molecular flexibility index (Phi) is 3.90. The zero-order chi connectivity index (χ0) is 18.2. The average Bonchev–Trinajstić information content (AvgIpc) is 2.74. The fraction of sp³-hybridized carbons (Fsp3) is 0.160. The Morgan fingerprint density at radius 2 is 1.44 bits per heavy atom. The average molecular weight is 352 g/mol. The zero-order valence-electron chi connectivity index (χ0n) is 15.1. The minimum Gasteiger partial charge on any atom is -0.423 e. The van der Waals surface area contributed by atoms with Crippen molar-refractivity contribution in [2.24, 2.45) is 0 Å². The minimum atomic E-state index is -0.294. The number of hydrogen-bond donors (Lipinski definition) is 0. The van der Waals surface area contributed by atoms with Crippen LogP contribution in [0, 0.1) is 0 Å². The molecule has 2 heteroatoms. The number of fused-ring (bicyclic) bond motifs is 5. The molecule has 3 aromatic carbocycles. The van der Waals surface area contributed by atoms with Crippen molar-refractivity contribution < 1.29 is 9.53 Å². The summed E-state index contributed by atoms with van der Waals surface area (Å²) in [4.78, 5) is 12.5. The van der Waals surface area contributed by atoms with Crippen LogP contribution in [0.15, 0.2) is 72.8 Å². The van der Waals surface area contributed by atoms with Gasteiger partial charge in [0.25, 0.3) is 0 Å². The second-order valence-corrected chi connectivity index (χ2v) is 7.14. The van der Waals surface area contributed by atoms with Crippen LogP contribution >= 0.6 is 0 Å². The molecule has 0 atom stereocenters. The van der Waals surface area contributed by atoms with Gasteiger partial charge in [0.15, 0.2) is 0 Å². The lowest BCUT2D eigenvalue weighted by atomic mass is 9.79. The number of esters is 1. The molecular formula is C25H20O2. The first-order valence-electron chi connectivity index (χ1n) is 9.52. The maximum absolute atomic E-state index is 12.5. The van der Waals surface area contributed by atoms with Gasteiger partial charge < -0.3 is 4.74 Å². The molecule has 0 spiro atoms. The van der Waals surface area contributed by atoms with Crippen molar-refractivity contribution in [2.45, 2.75) is 25.7 Å². The molecule has 0 bridgehead atoms. The summed E-state index contributed by atoms with van der Waals surface area (Å²) in [7, 11) is 0. The summed E-state index contributed by atoms with van der Waals surface area (Å²) in [6.07, 6.45) is 6.08. The van der Waals surface area contributed by atoms with Crippen LogP contribution in [0.5, 0.6) is 0 Å². The summed E-state index contributed by atoms with van der Waals surface area (Å²) in [5.74, 6) is 0.407. The monoisotopic (exact) mass is 352 g/mol. The molecule has 2 aliphatic rings. The highest BCUT2D eigenvalue weighted by Gasteiger charge is 2.25. The van der Waals surface area contributed by atoms with Crippen molar-refractivity contribution in [1.29, 1.82) is 0 Å². The van der Waals surface area contributed by atoms with Gasteiger partial charge in [-0.3, -0.25) is 0 Å². The predicted molar refractivity (Wildman–Crippen MR) is 107 cm³/mol. The van der Waals surface area contributed by atoms with E-state index in [1.807, 2.05) is 24.3 Å². The highest BCUT2D eigenvalue weighted by Crippen LogP contribution is 2.40. The Hall–Kier alpha value is -3.13. The summed E-state index contributed by atoms with van der Waals surface area (Å²) in [6, 6.07) is 22.2. The maximum atomic E-state index is 12.5. The number of allylic oxidation sites excluding steroid dienone is 1. The van der Waals surface area contributed by atoms with Crippen LogP contribution in [0.3, 0.4) is 0 Å². The fourth-order valence-electron chi connectivity index (χ4n) is 4.30. The molecule has 2 nitrogen and oxygen atoms in total. The van der Waals surface area contributed by atoms with Gasteiger partial charge in [-0.15, -0.1) is 0 Å². The van der Waals surface area contributed by atoms with Gasteiger partial charge in [0, 0.05) is 5.56 Å². The summed E-state index contributed by atoms with van der Waals surface area (Å²) in [6.45, 7) is 0. The lowest BCUT2D eigenvalue weighted by Gasteiger charge is -2.27. The highest BCUT2D eigenvalue weighted by atomic mass is 16.5. The van der Waals surface area contributed by atoms with Crippen LogP contribution in [-0.4, -0.2) is 5.97 Å². The molecule has 0 aliphatic heterocycles. The highest BCUT2D eigenvalue weighted by molar-refractivity contribution is 5.93. The third kappa shape index (κ3) is 2.78. The van der Waals surface area contributed by atoms with E-state index >= 15 is 0 Å². The first kappa shape index (κ1) is 16.1. The van der Waals surface area contributed by atoms with E-state index in [9.17, 15) is 4.79 Å². The van der Waals surface area contributed by atoms with E-state index in [1.54, 1.807) is 12.1 Å². The van der Waals surface area contributed by atoms with Crippen molar-refractivity contribution in [2.75, 3.05) is 0 Å². The van der Waals surface area contributed by atoms with Gasteiger partial charge in [0.2, 0.25) is 0 Å². The molecule has 0 saturated carbocycles. The van der Waals surface area contributed by atoms with Crippen LogP contribution in [0.25, 0.3) is 16.9 Å². The molecule has 5 rings (SSSR count). The molecule has 27 heavy (non-hydrogen) atoms. The van der Waals surface area contributed by atoms with Gasteiger partial charge >= 0.3 is 5.97 Å². The second-order valence-electron chi connectivity index (χ2n) is 7.14. The number of carbonyl (C=O) groups excluding carboxylic acids is 1. The molecule has 0 amide bonds. The van der Waals surface area contributed by atoms with E-state index in [0.717, 1.165) is 31.2 Å². The molecule has 0 radical (unpaired) electrons. The van der Waals surface area contributed by atoms with Gasteiger partial charge in [-0.25, -0.2) is 4.79 Å². The zero-order valence-corrected chi connectivity index (χ0v) is 15.1. The molecular weight excluding hydrogens is 332 g/mol. The fourth-order valence-corrected chi connectivity index (χ4v) is 4.30. The molecule has 132 valence electrons. The molecule has 0 saturated heterocycles.